The maximum absolute atomic E-state index is 11.9. The first-order chi connectivity index (χ1) is 16.6. The Labute approximate surface area is 207 Å². The average molecular weight is 475 g/mol. The lowest BCUT2D eigenvalue weighted by atomic mass is 10.1. The second kappa shape index (κ2) is 25.2. The second-order valence-corrected chi connectivity index (χ2v) is 8.06. The molecule has 0 radical (unpaired) electrons. The van der Waals surface area contributed by atoms with Gasteiger partial charge in [0.2, 0.25) is 0 Å². The number of carbonyl (C=O) groups excluding carboxylic acids is 2. The molecule has 0 fully saturated rings. The molecule has 0 aromatic rings. The van der Waals surface area contributed by atoms with Gasteiger partial charge in [0.15, 0.2) is 6.10 Å². The molecule has 5 heteroatoms. The van der Waals surface area contributed by atoms with E-state index in [-0.39, 0.29) is 25.6 Å². The molecule has 0 heterocycles. The van der Waals surface area contributed by atoms with E-state index < -0.39 is 12.1 Å². The monoisotopic (exact) mass is 474 g/mol. The Morgan fingerprint density at radius 2 is 1.38 bits per heavy atom. The number of esters is 2. The van der Waals surface area contributed by atoms with Crippen LogP contribution in [0, 0.1) is 0 Å². The summed E-state index contributed by atoms with van der Waals surface area (Å²) in [6.45, 7) is 3.73. The van der Waals surface area contributed by atoms with E-state index in [0.717, 1.165) is 57.8 Å². The van der Waals surface area contributed by atoms with Crippen molar-refractivity contribution in [1.82, 2.24) is 0 Å². The molecule has 1 unspecified atom stereocenters. The number of allylic oxidation sites excluding steroid dienone is 10. The van der Waals surface area contributed by atoms with Crippen LogP contribution in [0.25, 0.3) is 0 Å². The van der Waals surface area contributed by atoms with Crippen molar-refractivity contribution >= 4 is 11.9 Å². The van der Waals surface area contributed by atoms with Gasteiger partial charge in [0.25, 0.3) is 0 Å². The average Bonchev–Trinajstić information content (AvgIpc) is 2.84. The zero-order valence-electron chi connectivity index (χ0n) is 21.3. The zero-order valence-corrected chi connectivity index (χ0v) is 21.3. The maximum atomic E-state index is 11.9. The molecule has 0 saturated carbocycles. The summed E-state index contributed by atoms with van der Waals surface area (Å²) >= 11 is 0. The number of aliphatic hydroxyl groups is 1. The molecular weight excluding hydrogens is 428 g/mol. The van der Waals surface area contributed by atoms with Crippen LogP contribution in [-0.2, 0) is 19.1 Å². The highest BCUT2D eigenvalue weighted by molar-refractivity contribution is 5.70. The minimum atomic E-state index is -0.807. The summed E-state index contributed by atoms with van der Waals surface area (Å²) in [6.07, 6.45) is 30.2. The Bertz CT molecular complexity index is 643. The lowest BCUT2D eigenvalue weighted by Crippen LogP contribution is -2.28. The fraction of sp³-hybridized carbons (Fsp3) is 0.586. The van der Waals surface area contributed by atoms with Crippen LogP contribution in [0.5, 0.6) is 0 Å². The van der Waals surface area contributed by atoms with Gasteiger partial charge >= 0.3 is 11.9 Å². The third kappa shape index (κ3) is 22.8. The first kappa shape index (κ1) is 31.6. The van der Waals surface area contributed by atoms with Crippen LogP contribution in [-0.4, -0.2) is 36.4 Å². The van der Waals surface area contributed by atoms with Crippen molar-refractivity contribution in [3.05, 3.63) is 60.8 Å². The van der Waals surface area contributed by atoms with Gasteiger partial charge in [0, 0.05) is 12.8 Å². The molecule has 0 amide bonds. The molecule has 34 heavy (non-hydrogen) atoms. The van der Waals surface area contributed by atoms with Gasteiger partial charge in [-0.25, -0.2) is 0 Å². The standard InChI is InChI=1S/C29H46O5/c1-3-5-7-9-11-12-13-14-15-16-18-19-21-23-28(31)33-26-27(25-30)34-29(32)24-22-20-17-10-8-6-4-2/h5-9,11-13,17,20,27,30H,3-4,10,14-16,18-19,21-26H2,1-2H3/b7-5+,8-6+,11-9+,13-12+,20-17+. The Morgan fingerprint density at radius 1 is 0.706 bits per heavy atom. The summed E-state index contributed by atoms with van der Waals surface area (Å²) in [4.78, 5) is 23.8. The summed E-state index contributed by atoms with van der Waals surface area (Å²) in [5, 5.41) is 9.38. The zero-order chi connectivity index (χ0) is 25.1. The number of hydrogen-bond acceptors (Lipinski definition) is 5. The number of carbonyl (C=O) groups is 2. The smallest absolute Gasteiger partial charge is 0.306 e. The van der Waals surface area contributed by atoms with Gasteiger partial charge in [0.05, 0.1) is 6.61 Å². The van der Waals surface area contributed by atoms with Crippen LogP contribution in [0.15, 0.2) is 60.8 Å². The van der Waals surface area contributed by atoms with E-state index in [0.29, 0.717) is 12.8 Å². The third-order valence-electron chi connectivity index (χ3n) is 4.88. The first-order valence-corrected chi connectivity index (χ1v) is 12.9. The molecule has 0 spiro atoms. The number of rotatable bonds is 21. The molecule has 0 rings (SSSR count). The fourth-order valence-corrected chi connectivity index (χ4v) is 2.96. The molecule has 0 bridgehead atoms. The number of unbranched alkanes of at least 4 members (excludes halogenated alkanes) is 5. The molecule has 0 aliphatic heterocycles. The van der Waals surface area contributed by atoms with Crippen molar-refractivity contribution in [2.45, 2.75) is 97.0 Å². The molecule has 192 valence electrons. The van der Waals surface area contributed by atoms with Crippen LogP contribution < -0.4 is 0 Å². The third-order valence-corrected chi connectivity index (χ3v) is 4.88. The van der Waals surface area contributed by atoms with Crippen molar-refractivity contribution in [3.8, 4) is 0 Å². The van der Waals surface area contributed by atoms with Gasteiger partial charge in [-0.3, -0.25) is 9.59 Å². The quantitative estimate of drug-likeness (QED) is 0.0844. The predicted octanol–water partition coefficient (Wildman–Crippen LogP) is 6.94. The molecule has 5 nitrogen and oxygen atoms in total. The van der Waals surface area contributed by atoms with E-state index >= 15 is 0 Å². The van der Waals surface area contributed by atoms with Crippen molar-refractivity contribution in [3.63, 3.8) is 0 Å². The van der Waals surface area contributed by atoms with Crippen LogP contribution >= 0.6 is 0 Å². The van der Waals surface area contributed by atoms with Crippen molar-refractivity contribution in [1.29, 1.82) is 0 Å². The highest BCUT2D eigenvalue weighted by Gasteiger charge is 2.15. The fourth-order valence-electron chi connectivity index (χ4n) is 2.96. The molecule has 0 aliphatic rings. The Kier molecular flexibility index (Phi) is 23.4. The lowest BCUT2D eigenvalue weighted by molar-refractivity contribution is -0.161. The summed E-state index contributed by atoms with van der Waals surface area (Å²) in [7, 11) is 0. The highest BCUT2D eigenvalue weighted by Crippen LogP contribution is 2.09. The van der Waals surface area contributed by atoms with E-state index in [1.807, 2.05) is 24.3 Å². The minimum absolute atomic E-state index is 0.103. The van der Waals surface area contributed by atoms with E-state index in [2.05, 4.69) is 50.3 Å². The van der Waals surface area contributed by atoms with Crippen LogP contribution in [0.2, 0.25) is 0 Å². The molecule has 0 saturated heterocycles. The van der Waals surface area contributed by atoms with Gasteiger partial charge in [0.1, 0.15) is 6.61 Å². The number of ether oxygens (including phenoxy) is 2. The van der Waals surface area contributed by atoms with E-state index in [1.54, 1.807) is 0 Å². The van der Waals surface area contributed by atoms with E-state index in [1.165, 1.54) is 0 Å². The normalized spacial score (nSPS) is 13.1. The van der Waals surface area contributed by atoms with E-state index in [4.69, 9.17) is 9.47 Å². The largest absolute Gasteiger partial charge is 0.462 e. The lowest BCUT2D eigenvalue weighted by Gasteiger charge is -2.15. The summed E-state index contributed by atoms with van der Waals surface area (Å²) in [5.41, 5.74) is 0. The first-order valence-electron chi connectivity index (χ1n) is 12.9. The van der Waals surface area contributed by atoms with Crippen molar-refractivity contribution < 1.29 is 24.2 Å². The Morgan fingerprint density at radius 3 is 2.12 bits per heavy atom. The Balaban J connectivity index is 3.75. The Hall–Kier alpha value is -2.40. The maximum Gasteiger partial charge on any atom is 0.306 e. The number of aliphatic hydroxyl groups excluding tert-OH is 1. The van der Waals surface area contributed by atoms with Gasteiger partial charge < -0.3 is 14.6 Å². The number of hydrogen-bond donors (Lipinski definition) is 1. The van der Waals surface area contributed by atoms with Gasteiger partial charge in [-0.15, -0.1) is 0 Å². The van der Waals surface area contributed by atoms with Gasteiger partial charge in [-0.2, -0.15) is 0 Å². The predicted molar refractivity (Wildman–Crippen MR) is 140 cm³/mol. The van der Waals surface area contributed by atoms with Crippen molar-refractivity contribution in [2.24, 2.45) is 0 Å². The van der Waals surface area contributed by atoms with Gasteiger partial charge in [-0.05, 0) is 44.9 Å². The molecule has 1 N–H and O–H groups in total. The van der Waals surface area contributed by atoms with Crippen LogP contribution in [0.1, 0.15) is 90.9 Å². The van der Waals surface area contributed by atoms with Crippen molar-refractivity contribution in [2.75, 3.05) is 13.2 Å². The minimum Gasteiger partial charge on any atom is -0.462 e. The molecule has 0 aromatic heterocycles. The van der Waals surface area contributed by atoms with Crippen LogP contribution in [0.4, 0.5) is 0 Å². The molecule has 0 aromatic carbocycles. The summed E-state index contributed by atoms with van der Waals surface area (Å²) in [5.74, 6) is -0.715. The highest BCUT2D eigenvalue weighted by atomic mass is 16.6. The van der Waals surface area contributed by atoms with E-state index in [9.17, 15) is 14.7 Å². The second-order valence-electron chi connectivity index (χ2n) is 8.06. The molecule has 1 atom stereocenters. The topological polar surface area (TPSA) is 72.8 Å². The summed E-state index contributed by atoms with van der Waals surface area (Å²) < 4.78 is 10.4. The van der Waals surface area contributed by atoms with Crippen LogP contribution in [0.3, 0.4) is 0 Å². The molecule has 0 aliphatic carbocycles. The SMILES string of the molecule is CC/C=C/C=C/C=C/CCCCCCCC(=O)OCC(CO)OC(=O)CC/C=C/C/C=C/CC. The summed E-state index contributed by atoms with van der Waals surface area (Å²) in [6, 6.07) is 0. The molecular formula is C29H46O5. The van der Waals surface area contributed by atoms with Gasteiger partial charge in [-0.1, -0.05) is 93.9 Å².